The van der Waals surface area contributed by atoms with Crippen LogP contribution in [0.2, 0.25) is 0 Å². The molecule has 0 aliphatic rings. The van der Waals surface area contributed by atoms with Gasteiger partial charge >= 0.3 is 0 Å². The molecule has 1 heterocycles. The van der Waals surface area contributed by atoms with Gasteiger partial charge in [-0.05, 0) is 48.2 Å². The molecule has 29 heavy (non-hydrogen) atoms. The van der Waals surface area contributed by atoms with Crippen molar-refractivity contribution in [2.45, 2.75) is 33.2 Å². The highest BCUT2D eigenvalue weighted by Gasteiger charge is 2.12. The van der Waals surface area contributed by atoms with Gasteiger partial charge in [0, 0.05) is 24.0 Å². The van der Waals surface area contributed by atoms with Crippen molar-refractivity contribution in [2.24, 2.45) is 0 Å². The number of nitrogens with one attached hydrogen (secondary N) is 2. The summed E-state index contributed by atoms with van der Waals surface area (Å²) in [6.45, 7) is 6.67. The van der Waals surface area contributed by atoms with Gasteiger partial charge < -0.3 is 10.6 Å². The van der Waals surface area contributed by atoms with E-state index < -0.39 is 0 Å². The lowest BCUT2D eigenvalue weighted by Crippen LogP contribution is -2.23. The van der Waals surface area contributed by atoms with Crippen LogP contribution in [0.5, 0.6) is 0 Å². The van der Waals surface area contributed by atoms with Gasteiger partial charge in [0.1, 0.15) is 5.69 Å². The van der Waals surface area contributed by atoms with Gasteiger partial charge in [0.15, 0.2) is 0 Å². The molecule has 0 bridgehead atoms. The van der Waals surface area contributed by atoms with Crippen molar-refractivity contribution in [3.05, 3.63) is 94.8 Å². The van der Waals surface area contributed by atoms with Crippen LogP contribution in [0.15, 0.2) is 66.9 Å². The fraction of sp³-hybridized carbons (Fsp3) is 0.208. The van der Waals surface area contributed by atoms with Crippen LogP contribution in [0.25, 0.3) is 0 Å². The molecule has 5 heteroatoms. The van der Waals surface area contributed by atoms with E-state index in [4.69, 9.17) is 0 Å². The van der Waals surface area contributed by atoms with Gasteiger partial charge in [-0.2, -0.15) is 0 Å². The Bertz CT molecular complexity index is 1010. The Hall–Kier alpha value is -3.47. The van der Waals surface area contributed by atoms with Crippen LogP contribution in [0, 0.1) is 6.92 Å². The van der Waals surface area contributed by atoms with Crippen LogP contribution in [-0.2, 0) is 6.54 Å². The SMILES string of the molecule is Cc1cccc(CNC(=O)c2ccnc(C(=O)Nc3ccc(C(C)C)cc3)c2)c1. The molecule has 0 spiro atoms. The molecule has 0 saturated heterocycles. The molecule has 0 aliphatic carbocycles. The minimum Gasteiger partial charge on any atom is -0.348 e. The molecular formula is C24H25N3O2. The predicted octanol–water partition coefficient (Wildman–Crippen LogP) is 4.70. The van der Waals surface area contributed by atoms with E-state index in [0.29, 0.717) is 23.7 Å². The molecule has 2 aromatic carbocycles. The summed E-state index contributed by atoms with van der Waals surface area (Å²) < 4.78 is 0. The lowest BCUT2D eigenvalue weighted by atomic mass is 10.0. The molecule has 0 aliphatic heterocycles. The molecular weight excluding hydrogens is 362 g/mol. The average Bonchev–Trinajstić information content (AvgIpc) is 2.72. The number of benzene rings is 2. The molecule has 0 fully saturated rings. The fourth-order valence-electron chi connectivity index (χ4n) is 2.95. The van der Waals surface area contributed by atoms with Crippen molar-refractivity contribution in [3.8, 4) is 0 Å². The van der Waals surface area contributed by atoms with Crippen LogP contribution in [0.3, 0.4) is 0 Å². The Balaban J connectivity index is 1.64. The number of pyridine rings is 1. The third-order valence-electron chi connectivity index (χ3n) is 4.63. The Morgan fingerprint density at radius 1 is 0.966 bits per heavy atom. The first-order chi connectivity index (χ1) is 13.9. The van der Waals surface area contributed by atoms with Crippen molar-refractivity contribution in [1.82, 2.24) is 10.3 Å². The van der Waals surface area contributed by atoms with Crippen LogP contribution in [0.1, 0.15) is 57.3 Å². The van der Waals surface area contributed by atoms with Crippen LogP contribution in [-0.4, -0.2) is 16.8 Å². The summed E-state index contributed by atoms with van der Waals surface area (Å²) in [5, 5.41) is 5.70. The van der Waals surface area contributed by atoms with E-state index in [1.165, 1.54) is 17.8 Å². The highest BCUT2D eigenvalue weighted by atomic mass is 16.2. The first kappa shape index (κ1) is 20.3. The molecule has 148 valence electrons. The van der Waals surface area contributed by atoms with Crippen molar-refractivity contribution in [2.75, 3.05) is 5.32 Å². The Labute approximate surface area is 171 Å². The summed E-state index contributed by atoms with van der Waals surface area (Å²) in [4.78, 5) is 29.1. The summed E-state index contributed by atoms with van der Waals surface area (Å²) in [6.07, 6.45) is 1.47. The summed E-state index contributed by atoms with van der Waals surface area (Å²) in [5.74, 6) is -0.170. The lowest BCUT2D eigenvalue weighted by Gasteiger charge is -2.09. The first-order valence-corrected chi connectivity index (χ1v) is 9.63. The lowest BCUT2D eigenvalue weighted by molar-refractivity contribution is 0.0950. The maximum absolute atomic E-state index is 12.5. The van der Waals surface area contributed by atoms with Gasteiger partial charge in [0.2, 0.25) is 0 Å². The normalized spacial score (nSPS) is 10.6. The molecule has 0 unspecified atom stereocenters. The summed E-state index contributed by atoms with van der Waals surface area (Å²) in [7, 11) is 0. The molecule has 3 rings (SSSR count). The molecule has 0 atom stereocenters. The van der Waals surface area contributed by atoms with Gasteiger partial charge in [0.05, 0.1) is 0 Å². The molecule has 2 N–H and O–H groups in total. The quantitative estimate of drug-likeness (QED) is 0.644. The number of rotatable bonds is 6. The second-order valence-corrected chi connectivity index (χ2v) is 7.33. The number of aryl methyl sites for hydroxylation is 1. The zero-order chi connectivity index (χ0) is 20.8. The number of hydrogen-bond acceptors (Lipinski definition) is 3. The number of carbonyl (C=O) groups excluding carboxylic acids is 2. The second kappa shape index (κ2) is 9.15. The van der Waals surface area contributed by atoms with E-state index in [9.17, 15) is 9.59 Å². The minimum absolute atomic E-state index is 0.196. The number of nitrogens with zero attached hydrogens (tertiary/aromatic N) is 1. The number of carbonyl (C=O) groups is 2. The largest absolute Gasteiger partial charge is 0.348 e. The average molecular weight is 387 g/mol. The topological polar surface area (TPSA) is 71.1 Å². The molecule has 2 amide bonds. The molecule has 1 aromatic heterocycles. The number of aromatic nitrogens is 1. The van der Waals surface area contributed by atoms with Crippen molar-refractivity contribution < 1.29 is 9.59 Å². The number of hydrogen-bond donors (Lipinski definition) is 2. The van der Waals surface area contributed by atoms with E-state index in [-0.39, 0.29) is 17.5 Å². The maximum Gasteiger partial charge on any atom is 0.274 e. The second-order valence-electron chi connectivity index (χ2n) is 7.33. The highest BCUT2D eigenvalue weighted by molar-refractivity contribution is 6.04. The highest BCUT2D eigenvalue weighted by Crippen LogP contribution is 2.17. The van der Waals surface area contributed by atoms with Gasteiger partial charge in [-0.15, -0.1) is 0 Å². The summed E-state index contributed by atoms with van der Waals surface area (Å²) in [5.41, 5.74) is 4.65. The molecule has 3 aromatic rings. The third kappa shape index (κ3) is 5.51. The molecule has 0 radical (unpaired) electrons. The van der Waals surface area contributed by atoms with Gasteiger partial charge in [0.25, 0.3) is 11.8 Å². The number of amides is 2. The first-order valence-electron chi connectivity index (χ1n) is 9.63. The summed E-state index contributed by atoms with van der Waals surface area (Å²) in [6, 6.07) is 18.8. The van der Waals surface area contributed by atoms with E-state index in [1.807, 2.05) is 55.5 Å². The Kier molecular flexibility index (Phi) is 6.39. The Morgan fingerprint density at radius 2 is 1.72 bits per heavy atom. The van der Waals surface area contributed by atoms with Crippen LogP contribution < -0.4 is 10.6 Å². The fourth-order valence-corrected chi connectivity index (χ4v) is 2.95. The minimum atomic E-state index is -0.351. The van der Waals surface area contributed by atoms with Gasteiger partial charge in [-0.1, -0.05) is 55.8 Å². The molecule has 0 saturated carbocycles. The van der Waals surface area contributed by atoms with E-state index in [0.717, 1.165) is 11.1 Å². The van der Waals surface area contributed by atoms with E-state index >= 15 is 0 Å². The number of anilines is 1. The van der Waals surface area contributed by atoms with Gasteiger partial charge in [-0.3, -0.25) is 14.6 Å². The van der Waals surface area contributed by atoms with Gasteiger partial charge in [-0.25, -0.2) is 0 Å². The van der Waals surface area contributed by atoms with Crippen molar-refractivity contribution in [1.29, 1.82) is 0 Å². The third-order valence-corrected chi connectivity index (χ3v) is 4.63. The van der Waals surface area contributed by atoms with Crippen LogP contribution >= 0.6 is 0 Å². The standard InChI is InChI=1S/C24H25N3O2/c1-16(2)19-7-9-21(10-8-19)27-24(29)22-14-20(11-12-25-22)23(28)26-15-18-6-4-5-17(3)13-18/h4-14,16H,15H2,1-3H3,(H,26,28)(H,27,29). The van der Waals surface area contributed by atoms with Crippen molar-refractivity contribution in [3.63, 3.8) is 0 Å². The van der Waals surface area contributed by atoms with Crippen LogP contribution in [0.4, 0.5) is 5.69 Å². The Morgan fingerprint density at radius 3 is 2.41 bits per heavy atom. The van der Waals surface area contributed by atoms with E-state index in [2.05, 4.69) is 29.5 Å². The summed E-state index contributed by atoms with van der Waals surface area (Å²) >= 11 is 0. The smallest absolute Gasteiger partial charge is 0.274 e. The zero-order valence-electron chi connectivity index (χ0n) is 16.9. The molecule has 5 nitrogen and oxygen atoms in total. The van der Waals surface area contributed by atoms with E-state index in [1.54, 1.807) is 6.07 Å². The monoisotopic (exact) mass is 387 g/mol. The predicted molar refractivity (Wildman–Crippen MR) is 115 cm³/mol. The zero-order valence-corrected chi connectivity index (χ0v) is 16.9. The maximum atomic E-state index is 12.5. The van der Waals surface area contributed by atoms with Crippen molar-refractivity contribution >= 4 is 17.5 Å².